The van der Waals surface area contributed by atoms with E-state index in [-0.39, 0.29) is 0 Å². The molecule has 2 saturated carbocycles. The highest BCUT2D eigenvalue weighted by Gasteiger charge is 2.70. The molecule has 2 fully saturated rings. The second kappa shape index (κ2) is 1.60. The molecule has 2 aliphatic rings. The highest BCUT2D eigenvalue weighted by atomic mass is 14.7. The van der Waals surface area contributed by atoms with Crippen LogP contribution in [0.2, 0.25) is 0 Å². The molecule has 0 radical (unpaired) electrons. The van der Waals surface area contributed by atoms with E-state index in [1.165, 1.54) is 6.42 Å². The Morgan fingerprint density at radius 1 is 1.40 bits per heavy atom. The summed E-state index contributed by atoms with van der Waals surface area (Å²) in [6.45, 7) is 9.65. The zero-order valence-electron chi connectivity index (χ0n) is 7.52. The van der Waals surface area contributed by atoms with Gasteiger partial charge in [0.25, 0.3) is 0 Å². The smallest absolute Gasteiger partial charge is 0.0238 e. The van der Waals surface area contributed by atoms with E-state index in [1.807, 2.05) is 0 Å². The van der Waals surface area contributed by atoms with Gasteiger partial charge in [-0.05, 0) is 35.5 Å². The molecule has 2 aliphatic carbocycles. The number of hydrogen-bond acceptors (Lipinski definition) is 0. The van der Waals surface area contributed by atoms with E-state index in [2.05, 4.69) is 27.7 Å². The molecular weight excluding hydrogens is 120 g/mol. The molecule has 0 heterocycles. The Morgan fingerprint density at radius 3 is 2.10 bits per heavy atom. The topological polar surface area (TPSA) is 0 Å². The van der Waals surface area contributed by atoms with Crippen LogP contribution in [-0.4, -0.2) is 0 Å². The van der Waals surface area contributed by atoms with Crippen LogP contribution in [0.25, 0.3) is 0 Å². The average Bonchev–Trinajstić information content (AvgIpc) is 2.30. The van der Waals surface area contributed by atoms with Crippen molar-refractivity contribution in [3.63, 3.8) is 0 Å². The van der Waals surface area contributed by atoms with Crippen LogP contribution in [0.4, 0.5) is 0 Å². The van der Waals surface area contributed by atoms with Gasteiger partial charge in [0.15, 0.2) is 0 Å². The number of fused-ring (bicyclic) bond motifs is 1. The van der Waals surface area contributed by atoms with Gasteiger partial charge in [-0.25, -0.2) is 0 Å². The highest BCUT2D eigenvalue weighted by Crippen LogP contribution is 2.75. The molecule has 0 aromatic heterocycles. The van der Waals surface area contributed by atoms with Gasteiger partial charge in [0, 0.05) is 0 Å². The Labute approximate surface area is 64.0 Å². The van der Waals surface area contributed by atoms with Gasteiger partial charge in [-0.2, -0.15) is 0 Å². The first-order valence-corrected chi connectivity index (χ1v) is 4.58. The Balaban J connectivity index is 2.10. The zero-order chi connectivity index (χ0) is 7.52. The van der Waals surface area contributed by atoms with E-state index >= 15 is 0 Å². The monoisotopic (exact) mass is 138 g/mol. The van der Waals surface area contributed by atoms with Crippen molar-refractivity contribution < 1.29 is 0 Å². The summed E-state index contributed by atoms with van der Waals surface area (Å²) >= 11 is 0. The minimum absolute atomic E-state index is 0.749. The molecule has 0 heteroatoms. The van der Waals surface area contributed by atoms with E-state index < -0.39 is 0 Å². The lowest BCUT2D eigenvalue weighted by Crippen LogP contribution is -2.11. The third-order valence-electron chi connectivity index (χ3n) is 4.32. The summed E-state index contributed by atoms with van der Waals surface area (Å²) in [6, 6.07) is 0. The molecule has 0 bridgehead atoms. The summed E-state index contributed by atoms with van der Waals surface area (Å²) in [4.78, 5) is 0. The van der Waals surface area contributed by atoms with Crippen molar-refractivity contribution in [3.05, 3.63) is 0 Å². The minimum atomic E-state index is 0.749. The van der Waals surface area contributed by atoms with Crippen molar-refractivity contribution in [1.82, 2.24) is 0 Å². The SMILES string of the molecule is CC1CC2C1C2(C)C(C)C. The van der Waals surface area contributed by atoms with Crippen LogP contribution in [0, 0.1) is 29.1 Å². The maximum Gasteiger partial charge on any atom is -0.0238 e. The van der Waals surface area contributed by atoms with Crippen LogP contribution in [0.15, 0.2) is 0 Å². The zero-order valence-corrected chi connectivity index (χ0v) is 7.52. The second-order valence-corrected chi connectivity index (χ2v) is 4.87. The first-order valence-electron chi connectivity index (χ1n) is 4.58. The fourth-order valence-corrected chi connectivity index (χ4v) is 3.24. The normalized spacial score (nSPS) is 57.9. The molecule has 2 rings (SSSR count). The van der Waals surface area contributed by atoms with Gasteiger partial charge in [0.1, 0.15) is 0 Å². The molecule has 0 aromatic carbocycles. The Kier molecular flexibility index (Phi) is 1.07. The molecular formula is C10H18. The lowest BCUT2D eigenvalue weighted by molar-refractivity contribution is 0.309. The summed E-state index contributed by atoms with van der Waals surface area (Å²) in [5, 5.41) is 0. The van der Waals surface area contributed by atoms with E-state index in [4.69, 9.17) is 0 Å². The summed E-state index contributed by atoms with van der Waals surface area (Å²) in [6.07, 6.45) is 1.51. The van der Waals surface area contributed by atoms with Crippen LogP contribution < -0.4 is 0 Å². The van der Waals surface area contributed by atoms with Crippen LogP contribution in [0.1, 0.15) is 34.1 Å². The molecule has 10 heavy (non-hydrogen) atoms. The third-order valence-corrected chi connectivity index (χ3v) is 4.32. The third kappa shape index (κ3) is 0.500. The standard InChI is InChI=1S/C10H18/c1-6(2)10(4)8-5-7(3)9(8)10/h6-9H,5H2,1-4H3. The predicted octanol–water partition coefficient (Wildman–Crippen LogP) is 2.93. The Hall–Kier alpha value is 0. The molecule has 0 aliphatic heterocycles. The van der Waals surface area contributed by atoms with Gasteiger partial charge in [0.2, 0.25) is 0 Å². The number of rotatable bonds is 1. The fraction of sp³-hybridized carbons (Fsp3) is 1.00. The maximum atomic E-state index is 2.48. The van der Waals surface area contributed by atoms with Crippen LogP contribution >= 0.6 is 0 Å². The highest BCUT2D eigenvalue weighted by molar-refractivity contribution is 5.18. The maximum absolute atomic E-state index is 2.48. The molecule has 0 amide bonds. The molecule has 58 valence electrons. The van der Waals surface area contributed by atoms with E-state index in [0.29, 0.717) is 0 Å². The van der Waals surface area contributed by atoms with E-state index in [1.54, 1.807) is 0 Å². The summed E-state index contributed by atoms with van der Waals surface area (Å²) in [5.74, 6) is 4.17. The van der Waals surface area contributed by atoms with Gasteiger partial charge >= 0.3 is 0 Å². The minimum Gasteiger partial charge on any atom is -0.0622 e. The Morgan fingerprint density at radius 2 is 2.00 bits per heavy atom. The van der Waals surface area contributed by atoms with E-state index in [9.17, 15) is 0 Å². The molecule has 0 N–H and O–H groups in total. The molecule has 4 atom stereocenters. The number of hydrogen-bond donors (Lipinski definition) is 0. The van der Waals surface area contributed by atoms with Gasteiger partial charge in [-0.1, -0.05) is 27.7 Å². The predicted molar refractivity (Wildman–Crippen MR) is 43.7 cm³/mol. The van der Waals surface area contributed by atoms with Crippen molar-refractivity contribution in [3.8, 4) is 0 Å². The van der Waals surface area contributed by atoms with Crippen molar-refractivity contribution >= 4 is 0 Å². The van der Waals surface area contributed by atoms with Crippen molar-refractivity contribution in [2.75, 3.05) is 0 Å². The Bertz CT molecular complexity index is 159. The van der Waals surface area contributed by atoms with Crippen molar-refractivity contribution in [2.24, 2.45) is 29.1 Å². The second-order valence-electron chi connectivity index (χ2n) is 4.87. The van der Waals surface area contributed by atoms with Crippen LogP contribution in [0.5, 0.6) is 0 Å². The van der Waals surface area contributed by atoms with Gasteiger partial charge < -0.3 is 0 Å². The molecule has 0 spiro atoms. The van der Waals surface area contributed by atoms with Gasteiger partial charge in [-0.3, -0.25) is 0 Å². The molecule has 0 nitrogen and oxygen atoms in total. The van der Waals surface area contributed by atoms with Crippen molar-refractivity contribution in [1.29, 1.82) is 0 Å². The fourth-order valence-electron chi connectivity index (χ4n) is 3.24. The first-order chi connectivity index (χ1) is 4.58. The molecule has 0 saturated heterocycles. The lowest BCUT2D eigenvalue weighted by atomic mass is 9.87. The first kappa shape index (κ1) is 6.69. The van der Waals surface area contributed by atoms with Gasteiger partial charge in [-0.15, -0.1) is 0 Å². The molecule has 4 unspecified atom stereocenters. The van der Waals surface area contributed by atoms with Crippen LogP contribution in [-0.2, 0) is 0 Å². The summed E-state index contributed by atoms with van der Waals surface area (Å²) in [5.41, 5.74) is 0.749. The van der Waals surface area contributed by atoms with Gasteiger partial charge in [0.05, 0.1) is 0 Å². The average molecular weight is 138 g/mol. The summed E-state index contributed by atoms with van der Waals surface area (Å²) in [7, 11) is 0. The molecule has 0 aromatic rings. The quantitative estimate of drug-likeness (QED) is 0.522. The summed E-state index contributed by atoms with van der Waals surface area (Å²) < 4.78 is 0. The van der Waals surface area contributed by atoms with Crippen molar-refractivity contribution in [2.45, 2.75) is 34.1 Å². The van der Waals surface area contributed by atoms with E-state index in [0.717, 1.165) is 29.1 Å². The van der Waals surface area contributed by atoms with Crippen LogP contribution in [0.3, 0.4) is 0 Å². The largest absolute Gasteiger partial charge is 0.0622 e. The lowest BCUT2D eigenvalue weighted by Gasteiger charge is -2.18.